The van der Waals surface area contributed by atoms with Gasteiger partial charge in [0.05, 0.1) is 0 Å². The molecule has 1 nitrogen and oxygen atoms in total. The summed E-state index contributed by atoms with van der Waals surface area (Å²) in [6, 6.07) is 7.68. The second-order valence-electron chi connectivity index (χ2n) is 3.03. The van der Waals surface area contributed by atoms with Gasteiger partial charge in [0, 0.05) is 15.1 Å². The van der Waals surface area contributed by atoms with E-state index in [1.54, 1.807) is 0 Å². The molecule has 78 valence electrons. The Balaban J connectivity index is 0.000000791. The summed E-state index contributed by atoms with van der Waals surface area (Å²) in [7, 11) is 0. The Labute approximate surface area is 100 Å². The maximum atomic E-state index is 11.5. The summed E-state index contributed by atoms with van der Waals surface area (Å²) < 4.78 is 1.11. The highest BCUT2D eigenvalue weighted by Gasteiger charge is 2.09. The van der Waals surface area contributed by atoms with Crippen molar-refractivity contribution < 1.29 is 4.79 Å². The molecular weight excluding hydrogens is 287 g/mol. The third-order valence-corrected chi connectivity index (χ3v) is 2.30. The fraction of sp³-hybridized carbons (Fsp3) is 0.417. The Morgan fingerprint density at radius 3 is 2.29 bits per heavy atom. The summed E-state index contributed by atoms with van der Waals surface area (Å²) in [4.78, 5) is 11.5. The molecule has 0 unspecified atom stereocenters. The van der Waals surface area contributed by atoms with Gasteiger partial charge in [0.25, 0.3) is 0 Å². The number of rotatable bonds is 2. The Bertz CT molecular complexity index is 292. The molecule has 0 fully saturated rings. The first-order valence-electron chi connectivity index (χ1n) is 4.91. The quantitative estimate of drug-likeness (QED) is 0.592. The van der Waals surface area contributed by atoms with Gasteiger partial charge in [0.15, 0.2) is 5.78 Å². The molecule has 0 spiro atoms. The van der Waals surface area contributed by atoms with E-state index in [2.05, 4.69) is 22.6 Å². The molecule has 1 aromatic carbocycles. The van der Waals surface area contributed by atoms with Crippen LogP contribution in [-0.2, 0) is 0 Å². The minimum atomic E-state index is 0.0863. The number of hydrogen-bond acceptors (Lipinski definition) is 1. The van der Waals surface area contributed by atoms with E-state index in [4.69, 9.17) is 0 Å². The highest BCUT2D eigenvalue weighted by atomic mass is 127. The van der Waals surface area contributed by atoms with Crippen LogP contribution in [0.25, 0.3) is 0 Å². The maximum absolute atomic E-state index is 11.5. The summed E-state index contributed by atoms with van der Waals surface area (Å²) in [5.41, 5.74) is 0.817. The van der Waals surface area contributed by atoms with Crippen molar-refractivity contribution in [3.05, 3.63) is 33.4 Å². The predicted octanol–water partition coefficient (Wildman–Crippen LogP) is 4.16. The van der Waals surface area contributed by atoms with Gasteiger partial charge in [-0.25, -0.2) is 0 Å². The van der Waals surface area contributed by atoms with E-state index in [1.165, 1.54) is 0 Å². The van der Waals surface area contributed by atoms with Crippen molar-refractivity contribution in [3.63, 3.8) is 0 Å². The normalized spacial score (nSPS) is 9.29. The highest BCUT2D eigenvalue weighted by Crippen LogP contribution is 2.11. The zero-order valence-electron chi connectivity index (χ0n) is 9.17. The number of hydrogen-bond donors (Lipinski definition) is 0. The SMILES string of the molecule is CC.CC(C)C(=O)c1cccc(I)c1. The lowest BCUT2D eigenvalue weighted by Crippen LogP contribution is -2.07. The third kappa shape index (κ3) is 4.22. The molecule has 0 aliphatic rings. The molecule has 0 aromatic heterocycles. The number of carbonyl (C=O) groups is 1. The first kappa shape index (κ1) is 13.6. The molecule has 0 amide bonds. The number of Topliss-reactive ketones (excluding diaryl/α,β-unsaturated/α-hetero) is 1. The van der Waals surface area contributed by atoms with E-state index in [0.717, 1.165) is 9.13 Å². The van der Waals surface area contributed by atoms with Crippen LogP contribution in [0.1, 0.15) is 38.1 Å². The fourth-order valence-electron chi connectivity index (χ4n) is 0.975. The van der Waals surface area contributed by atoms with Crippen LogP contribution in [0.15, 0.2) is 24.3 Å². The van der Waals surface area contributed by atoms with Crippen molar-refractivity contribution in [1.82, 2.24) is 0 Å². The molecule has 0 radical (unpaired) electrons. The standard InChI is InChI=1S/C10H11IO.C2H6/c1-7(2)10(12)8-4-3-5-9(11)6-8;1-2/h3-7H,1-2H3;1-2H3. The van der Waals surface area contributed by atoms with E-state index < -0.39 is 0 Å². The first-order valence-corrected chi connectivity index (χ1v) is 5.99. The second-order valence-corrected chi connectivity index (χ2v) is 4.27. The van der Waals surface area contributed by atoms with Crippen LogP contribution in [-0.4, -0.2) is 5.78 Å². The van der Waals surface area contributed by atoms with Crippen molar-refractivity contribution in [3.8, 4) is 0 Å². The molecule has 0 saturated heterocycles. The molecule has 1 aromatic rings. The van der Waals surface area contributed by atoms with Gasteiger partial charge < -0.3 is 0 Å². The average molecular weight is 304 g/mol. The second kappa shape index (κ2) is 6.98. The molecule has 0 aliphatic carbocycles. The molecule has 0 bridgehead atoms. The minimum absolute atomic E-state index is 0.0863. The third-order valence-electron chi connectivity index (χ3n) is 1.63. The molecule has 2 heteroatoms. The number of carbonyl (C=O) groups excluding carboxylic acids is 1. The predicted molar refractivity (Wildman–Crippen MR) is 69.7 cm³/mol. The maximum Gasteiger partial charge on any atom is 0.165 e. The van der Waals surface area contributed by atoms with Crippen LogP contribution in [0.2, 0.25) is 0 Å². The van der Waals surface area contributed by atoms with E-state index in [0.29, 0.717) is 0 Å². The van der Waals surface area contributed by atoms with Crippen molar-refractivity contribution in [1.29, 1.82) is 0 Å². The zero-order valence-corrected chi connectivity index (χ0v) is 11.3. The van der Waals surface area contributed by atoms with Crippen molar-refractivity contribution in [2.75, 3.05) is 0 Å². The molecule has 1 rings (SSSR count). The smallest absolute Gasteiger partial charge is 0.165 e. The Morgan fingerprint density at radius 2 is 1.86 bits per heavy atom. The minimum Gasteiger partial charge on any atom is -0.294 e. The van der Waals surface area contributed by atoms with Gasteiger partial charge >= 0.3 is 0 Å². The van der Waals surface area contributed by atoms with Gasteiger partial charge in [-0.3, -0.25) is 4.79 Å². The van der Waals surface area contributed by atoms with Crippen LogP contribution in [0.3, 0.4) is 0 Å². The van der Waals surface area contributed by atoms with Gasteiger partial charge in [-0.05, 0) is 34.7 Å². The van der Waals surface area contributed by atoms with Crippen LogP contribution in [0.4, 0.5) is 0 Å². The topological polar surface area (TPSA) is 17.1 Å². The van der Waals surface area contributed by atoms with E-state index in [-0.39, 0.29) is 11.7 Å². The van der Waals surface area contributed by atoms with Gasteiger partial charge in [-0.15, -0.1) is 0 Å². The monoisotopic (exact) mass is 304 g/mol. The Morgan fingerprint density at radius 1 is 1.29 bits per heavy atom. The summed E-state index contributed by atoms with van der Waals surface area (Å²) in [6.07, 6.45) is 0. The van der Waals surface area contributed by atoms with Crippen LogP contribution in [0, 0.1) is 9.49 Å². The van der Waals surface area contributed by atoms with E-state index in [1.807, 2.05) is 52.0 Å². The van der Waals surface area contributed by atoms with Crippen molar-refractivity contribution in [2.45, 2.75) is 27.7 Å². The molecular formula is C12H17IO. The zero-order chi connectivity index (χ0) is 11.1. The first-order chi connectivity index (χ1) is 6.61. The molecule has 0 heterocycles. The molecule has 14 heavy (non-hydrogen) atoms. The van der Waals surface area contributed by atoms with Gasteiger partial charge in [0.2, 0.25) is 0 Å². The highest BCUT2D eigenvalue weighted by molar-refractivity contribution is 14.1. The van der Waals surface area contributed by atoms with Crippen LogP contribution < -0.4 is 0 Å². The summed E-state index contributed by atoms with van der Waals surface area (Å²) >= 11 is 2.21. The molecule has 0 saturated carbocycles. The van der Waals surface area contributed by atoms with E-state index >= 15 is 0 Å². The van der Waals surface area contributed by atoms with Crippen LogP contribution >= 0.6 is 22.6 Å². The van der Waals surface area contributed by atoms with Crippen molar-refractivity contribution >= 4 is 28.4 Å². The van der Waals surface area contributed by atoms with Crippen LogP contribution in [0.5, 0.6) is 0 Å². The Kier molecular flexibility index (Phi) is 6.79. The Hall–Kier alpha value is -0.380. The van der Waals surface area contributed by atoms with Crippen molar-refractivity contribution in [2.24, 2.45) is 5.92 Å². The lowest BCUT2D eigenvalue weighted by atomic mass is 10.0. The molecule has 0 N–H and O–H groups in total. The van der Waals surface area contributed by atoms with Gasteiger partial charge in [-0.2, -0.15) is 0 Å². The van der Waals surface area contributed by atoms with Gasteiger partial charge in [0.1, 0.15) is 0 Å². The van der Waals surface area contributed by atoms with E-state index in [9.17, 15) is 4.79 Å². The lowest BCUT2D eigenvalue weighted by Gasteiger charge is -2.03. The number of ketones is 1. The average Bonchev–Trinajstić information content (AvgIpc) is 2.19. The number of halogens is 1. The molecule has 0 atom stereocenters. The summed E-state index contributed by atoms with van der Waals surface area (Å²) in [6.45, 7) is 7.84. The number of benzene rings is 1. The molecule has 0 aliphatic heterocycles. The fourth-order valence-corrected chi connectivity index (χ4v) is 1.52. The summed E-state index contributed by atoms with van der Waals surface area (Å²) in [5, 5.41) is 0. The lowest BCUT2D eigenvalue weighted by molar-refractivity contribution is 0.0939. The summed E-state index contributed by atoms with van der Waals surface area (Å²) in [5.74, 6) is 0.303. The van der Waals surface area contributed by atoms with Gasteiger partial charge in [-0.1, -0.05) is 39.8 Å². The largest absolute Gasteiger partial charge is 0.294 e.